The number of hydrogen-bond acceptors (Lipinski definition) is 7. The van der Waals surface area contributed by atoms with Crippen molar-refractivity contribution in [1.29, 1.82) is 0 Å². The van der Waals surface area contributed by atoms with E-state index in [4.69, 9.17) is 14.2 Å². The fourth-order valence-corrected chi connectivity index (χ4v) is 5.08. The van der Waals surface area contributed by atoms with Gasteiger partial charge in [-0.2, -0.15) is 0 Å². The lowest BCUT2D eigenvalue weighted by Crippen LogP contribution is -2.48. The van der Waals surface area contributed by atoms with Gasteiger partial charge in [0.15, 0.2) is 11.5 Å². The summed E-state index contributed by atoms with van der Waals surface area (Å²) in [5.41, 5.74) is 0.225. The molecule has 9 nitrogen and oxygen atoms in total. The normalized spacial score (nSPS) is 22.9. The Morgan fingerprint density at radius 1 is 1.00 bits per heavy atom. The van der Waals surface area contributed by atoms with E-state index in [1.54, 1.807) is 56.8 Å². The molecule has 36 heavy (non-hydrogen) atoms. The average molecular weight is 489 g/mol. The van der Waals surface area contributed by atoms with Gasteiger partial charge in [0.1, 0.15) is 16.9 Å². The number of benzene rings is 2. The Bertz CT molecular complexity index is 1350. The Kier molecular flexibility index (Phi) is 5.26. The molecule has 1 saturated heterocycles. The number of methoxy groups -OCH3 is 2. The minimum absolute atomic E-state index is 0.141. The molecule has 2 unspecified atom stereocenters. The number of carbonyl (C=O) groups is 2. The summed E-state index contributed by atoms with van der Waals surface area (Å²) in [5, 5.41) is 10.2. The van der Waals surface area contributed by atoms with Crippen LogP contribution in [0.2, 0.25) is 0 Å². The zero-order valence-electron chi connectivity index (χ0n) is 20.2. The van der Waals surface area contributed by atoms with Crippen molar-refractivity contribution in [3.05, 3.63) is 48.7 Å². The Labute approximate surface area is 208 Å². The fourth-order valence-electron chi connectivity index (χ4n) is 5.08. The topological polar surface area (TPSA) is 111 Å². The fraction of sp³-hybridized carbons (Fsp3) is 0.370. The number of hydrogen-bond donors (Lipinski definition) is 3. The first-order valence-corrected chi connectivity index (χ1v) is 12.1. The van der Waals surface area contributed by atoms with Crippen LogP contribution in [0.25, 0.3) is 10.9 Å². The second kappa shape index (κ2) is 8.37. The minimum atomic E-state index is -0.963. The summed E-state index contributed by atoms with van der Waals surface area (Å²) in [7, 11) is 3.16. The molecule has 0 radical (unpaired) electrons. The molecule has 1 aromatic heterocycles. The van der Waals surface area contributed by atoms with Crippen LogP contribution in [0.5, 0.6) is 23.0 Å². The molecule has 2 amide bonds. The smallest absolute Gasteiger partial charge is 0.240 e. The Hall–Kier alpha value is -3.85. The van der Waals surface area contributed by atoms with Gasteiger partial charge in [-0.05, 0) is 61.6 Å². The van der Waals surface area contributed by atoms with Gasteiger partial charge in [0.25, 0.3) is 0 Å². The van der Waals surface area contributed by atoms with E-state index >= 15 is 0 Å². The first-order chi connectivity index (χ1) is 17.5. The van der Waals surface area contributed by atoms with Crippen molar-refractivity contribution in [2.75, 3.05) is 32.6 Å². The van der Waals surface area contributed by atoms with Crippen molar-refractivity contribution < 1.29 is 23.8 Å². The van der Waals surface area contributed by atoms with Crippen LogP contribution in [0.3, 0.4) is 0 Å². The maximum absolute atomic E-state index is 13.0. The van der Waals surface area contributed by atoms with Crippen molar-refractivity contribution in [3.8, 4) is 23.0 Å². The number of rotatable bonds is 8. The van der Waals surface area contributed by atoms with E-state index in [1.807, 2.05) is 6.07 Å². The van der Waals surface area contributed by atoms with E-state index in [0.29, 0.717) is 53.0 Å². The monoisotopic (exact) mass is 488 g/mol. The standard InChI is InChI=1S/C27H28N4O5/c1-34-22-11-19-20(12-23(22)35-2)29-10-7-21(19)36-18-5-3-17(4-6-18)30-24(32)26(8-9-26)25(33)31-27-13-16(27)14-28-15-27/h3-7,10-12,16,28H,8-9,13-15H2,1-2H3,(H,30,32)(H,31,33). The number of fused-ring (bicyclic) bond motifs is 2. The van der Waals surface area contributed by atoms with Gasteiger partial charge in [-0.25, -0.2) is 0 Å². The molecule has 2 aromatic carbocycles. The van der Waals surface area contributed by atoms with Crippen LogP contribution in [0.15, 0.2) is 48.7 Å². The van der Waals surface area contributed by atoms with E-state index < -0.39 is 5.41 Å². The van der Waals surface area contributed by atoms with Crippen LogP contribution < -0.4 is 30.2 Å². The molecule has 3 N–H and O–H groups in total. The van der Waals surface area contributed by atoms with E-state index in [0.717, 1.165) is 24.9 Å². The highest BCUT2D eigenvalue weighted by Gasteiger charge is 2.63. The Balaban J connectivity index is 1.14. The average Bonchev–Trinajstić information content (AvgIpc) is 3.80. The van der Waals surface area contributed by atoms with Crippen LogP contribution in [0.4, 0.5) is 5.69 Å². The Morgan fingerprint density at radius 2 is 1.75 bits per heavy atom. The van der Waals surface area contributed by atoms with Crippen molar-refractivity contribution in [3.63, 3.8) is 0 Å². The molecule has 0 spiro atoms. The minimum Gasteiger partial charge on any atom is -0.493 e. The van der Waals surface area contributed by atoms with E-state index in [9.17, 15) is 9.59 Å². The van der Waals surface area contributed by atoms with Crippen molar-refractivity contribution in [1.82, 2.24) is 15.6 Å². The largest absolute Gasteiger partial charge is 0.493 e. The van der Waals surface area contributed by atoms with Crippen molar-refractivity contribution >= 4 is 28.4 Å². The second-order valence-electron chi connectivity index (χ2n) is 9.84. The molecule has 2 atom stereocenters. The summed E-state index contributed by atoms with van der Waals surface area (Å²) in [4.78, 5) is 30.4. The van der Waals surface area contributed by atoms with Crippen molar-refractivity contribution in [2.24, 2.45) is 11.3 Å². The molecule has 1 aliphatic heterocycles. The molecule has 6 rings (SSSR count). The van der Waals surface area contributed by atoms with Gasteiger partial charge in [-0.1, -0.05) is 0 Å². The van der Waals surface area contributed by atoms with Gasteiger partial charge in [-0.3, -0.25) is 14.6 Å². The first kappa shape index (κ1) is 22.6. The molecular formula is C27H28N4O5. The third-order valence-corrected chi connectivity index (χ3v) is 7.59. The third-order valence-electron chi connectivity index (χ3n) is 7.59. The summed E-state index contributed by atoms with van der Waals surface area (Å²) in [6, 6.07) is 12.5. The SMILES string of the molecule is COc1cc2nccc(Oc3ccc(NC(=O)C4(C(=O)NC56CNCC5C6)CC4)cc3)c2cc1OC. The number of aromatic nitrogens is 1. The van der Waals surface area contributed by atoms with Gasteiger partial charge < -0.3 is 30.2 Å². The molecule has 186 valence electrons. The number of nitrogens with zero attached hydrogens (tertiary/aromatic N) is 1. The molecule has 2 aliphatic carbocycles. The van der Waals surface area contributed by atoms with Gasteiger partial charge in [0.05, 0.1) is 25.3 Å². The van der Waals surface area contributed by atoms with Gasteiger partial charge in [0, 0.05) is 36.4 Å². The molecule has 9 heteroatoms. The van der Waals surface area contributed by atoms with E-state index in [1.165, 1.54) is 0 Å². The quantitative estimate of drug-likeness (QED) is 0.418. The number of piperidine rings is 1. The number of pyridine rings is 1. The van der Waals surface area contributed by atoms with Crippen LogP contribution in [0.1, 0.15) is 19.3 Å². The number of anilines is 1. The number of ether oxygens (including phenoxy) is 3. The van der Waals surface area contributed by atoms with Gasteiger partial charge >= 0.3 is 0 Å². The van der Waals surface area contributed by atoms with E-state index in [-0.39, 0.29) is 17.4 Å². The summed E-state index contributed by atoms with van der Waals surface area (Å²) < 4.78 is 16.9. The highest BCUT2D eigenvalue weighted by molar-refractivity contribution is 6.13. The number of nitrogens with one attached hydrogen (secondary N) is 3. The highest BCUT2D eigenvalue weighted by Crippen LogP contribution is 2.51. The predicted octanol–water partition coefficient (Wildman–Crippen LogP) is 3.24. The summed E-state index contributed by atoms with van der Waals surface area (Å²) in [6.45, 7) is 1.72. The van der Waals surface area contributed by atoms with Crippen LogP contribution in [-0.4, -0.2) is 49.6 Å². The summed E-state index contributed by atoms with van der Waals surface area (Å²) in [6.07, 6.45) is 3.81. The molecule has 0 bridgehead atoms. The lowest BCUT2D eigenvalue weighted by Gasteiger charge is -2.20. The van der Waals surface area contributed by atoms with Gasteiger partial charge in [0.2, 0.25) is 11.8 Å². The van der Waals surface area contributed by atoms with Crippen LogP contribution in [-0.2, 0) is 9.59 Å². The van der Waals surface area contributed by atoms with Crippen LogP contribution >= 0.6 is 0 Å². The summed E-state index contributed by atoms with van der Waals surface area (Å²) in [5.74, 6) is 2.48. The zero-order chi connectivity index (χ0) is 24.9. The molecule has 2 heterocycles. The molecule has 2 saturated carbocycles. The molecule has 3 aromatic rings. The lowest BCUT2D eigenvalue weighted by molar-refractivity contribution is -0.135. The Morgan fingerprint density at radius 3 is 2.39 bits per heavy atom. The number of amides is 2. The molecule has 3 aliphatic rings. The highest BCUT2D eigenvalue weighted by atomic mass is 16.5. The van der Waals surface area contributed by atoms with E-state index in [2.05, 4.69) is 20.9 Å². The lowest BCUT2D eigenvalue weighted by atomic mass is 10.0. The van der Waals surface area contributed by atoms with Crippen molar-refractivity contribution in [2.45, 2.75) is 24.8 Å². The van der Waals surface area contributed by atoms with Gasteiger partial charge in [-0.15, -0.1) is 0 Å². The van der Waals surface area contributed by atoms with Crippen LogP contribution in [0, 0.1) is 11.3 Å². The third kappa shape index (κ3) is 3.80. The molecule has 3 fully saturated rings. The first-order valence-electron chi connectivity index (χ1n) is 12.1. The number of carbonyl (C=O) groups excluding carboxylic acids is 2. The molecular weight excluding hydrogens is 460 g/mol. The zero-order valence-corrected chi connectivity index (χ0v) is 20.2. The maximum Gasteiger partial charge on any atom is 0.240 e. The summed E-state index contributed by atoms with van der Waals surface area (Å²) >= 11 is 0. The predicted molar refractivity (Wildman–Crippen MR) is 134 cm³/mol. The maximum atomic E-state index is 13.0. The second-order valence-corrected chi connectivity index (χ2v) is 9.84.